The predicted molar refractivity (Wildman–Crippen MR) is 146 cm³/mol. The summed E-state index contributed by atoms with van der Waals surface area (Å²) >= 11 is 1.69. The Kier molecular flexibility index (Phi) is 9.18. The van der Waals surface area contributed by atoms with E-state index in [0.717, 1.165) is 42.7 Å². The van der Waals surface area contributed by atoms with E-state index in [1.54, 1.807) is 22.1 Å². The third-order valence-corrected chi connectivity index (χ3v) is 10.3. The number of anilines is 2. The highest BCUT2D eigenvalue weighted by Crippen LogP contribution is 2.46. The Hall–Kier alpha value is -2.25. The van der Waals surface area contributed by atoms with Crippen LogP contribution < -0.4 is 10.4 Å². The minimum Gasteiger partial charge on any atom is -0.354 e. The molecule has 1 aliphatic rings. The molecule has 2 atom stereocenters. The Balaban J connectivity index is 1.48. The van der Waals surface area contributed by atoms with E-state index in [2.05, 4.69) is 29.2 Å². The van der Waals surface area contributed by atoms with Gasteiger partial charge in [0.15, 0.2) is 11.5 Å². The number of nitrogens with one attached hydrogen (secondary N) is 2. The second kappa shape index (κ2) is 12.3. The molecular formula is C26H34F2N5OPS. The van der Waals surface area contributed by atoms with Crippen molar-refractivity contribution in [3.63, 3.8) is 0 Å². The van der Waals surface area contributed by atoms with Gasteiger partial charge in [0.1, 0.15) is 11.4 Å². The first-order chi connectivity index (χ1) is 17.4. The fourth-order valence-corrected chi connectivity index (χ4v) is 7.30. The van der Waals surface area contributed by atoms with Crippen LogP contribution in [0.5, 0.6) is 0 Å². The molecule has 2 unspecified atom stereocenters. The molecule has 2 aromatic heterocycles. The molecule has 0 aliphatic heterocycles. The van der Waals surface area contributed by atoms with Gasteiger partial charge in [-0.05, 0) is 56.2 Å². The number of amides is 1. The molecule has 4 rings (SSSR count). The van der Waals surface area contributed by atoms with Gasteiger partial charge in [-0.25, -0.2) is 18.3 Å². The van der Waals surface area contributed by atoms with Crippen molar-refractivity contribution in [1.82, 2.24) is 14.6 Å². The normalized spacial score (nSPS) is 15.5. The van der Waals surface area contributed by atoms with Gasteiger partial charge >= 0.3 is 0 Å². The highest BCUT2D eigenvalue weighted by Gasteiger charge is 2.23. The Morgan fingerprint density at radius 2 is 2.11 bits per heavy atom. The number of carbonyl (C=O) groups excluding carboxylic acids is 1. The second-order valence-corrected chi connectivity index (χ2v) is 13.7. The summed E-state index contributed by atoms with van der Waals surface area (Å²) in [6, 6.07) is 4.43. The van der Waals surface area contributed by atoms with Crippen LogP contribution in [-0.4, -0.2) is 32.9 Å². The summed E-state index contributed by atoms with van der Waals surface area (Å²) in [5, 5.41) is 10.4. The van der Waals surface area contributed by atoms with Gasteiger partial charge in [-0.2, -0.15) is 5.10 Å². The number of nitrogens with zero attached hydrogens (tertiary/aromatic N) is 3. The molecule has 10 heteroatoms. The van der Waals surface area contributed by atoms with Gasteiger partial charge in [-0.1, -0.05) is 33.1 Å². The number of aromatic nitrogens is 3. The first-order valence-electron chi connectivity index (χ1n) is 12.7. The number of hydrogen-bond acceptors (Lipinski definition) is 5. The monoisotopic (exact) mass is 533 g/mol. The van der Waals surface area contributed by atoms with Gasteiger partial charge in [-0.15, -0.1) is 11.4 Å². The molecule has 0 bridgehead atoms. The molecule has 1 amide bonds. The minimum absolute atomic E-state index is 0.122. The third kappa shape index (κ3) is 6.35. The minimum atomic E-state index is -0.912. The van der Waals surface area contributed by atoms with E-state index >= 15 is 4.39 Å². The van der Waals surface area contributed by atoms with Crippen molar-refractivity contribution in [3.8, 4) is 0 Å². The Bertz CT molecular complexity index is 1200. The Labute approximate surface area is 216 Å². The molecule has 0 spiro atoms. The fourth-order valence-electron chi connectivity index (χ4n) is 4.41. The maximum Gasteiger partial charge on any atom is 0.261 e. The zero-order valence-electron chi connectivity index (χ0n) is 21.1. The lowest BCUT2D eigenvalue weighted by molar-refractivity contribution is 0.101. The average Bonchev–Trinajstić information content (AvgIpc) is 3.24. The lowest BCUT2D eigenvalue weighted by Crippen LogP contribution is -2.17. The van der Waals surface area contributed by atoms with E-state index < -0.39 is 30.4 Å². The van der Waals surface area contributed by atoms with Gasteiger partial charge < -0.3 is 10.4 Å². The van der Waals surface area contributed by atoms with Gasteiger partial charge in [0.25, 0.3) is 5.91 Å². The van der Waals surface area contributed by atoms with Crippen LogP contribution >= 0.6 is 18.7 Å². The molecule has 0 saturated heterocycles. The zero-order valence-corrected chi connectivity index (χ0v) is 22.8. The molecule has 1 saturated carbocycles. The maximum absolute atomic E-state index is 15.1. The molecule has 0 radical (unpaired) electrons. The zero-order chi connectivity index (χ0) is 25.7. The second-order valence-electron chi connectivity index (χ2n) is 9.37. The van der Waals surface area contributed by atoms with Crippen molar-refractivity contribution >= 4 is 41.6 Å². The van der Waals surface area contributed by atoms with E-state index in [9.17, 15) is 9.18 Å². The average molecular weight is 534 g/mol. The summed E-state index contributed by atoms with van der Waals surface area (Å²) in [5.74, 6) is -0.518. The van der Waals surface area contributed by atoms with Crippen molar-refractivity contribution in [3.05, 3.63) is 53.5 Å². The Morgan fingerprint density at radius 1 is 1.31 bits per heavy atom. The number of rotatable bonds is 12. The van der Waals surface area contributed by atoms with Crippen LogP contribution in [0.15, 0.2) is 30.6 Å². The summed E-state index contributed by atoms with van der Waals surface area (Å²) in [4.78, 5) is 17.3. The first kappa shape index (κ1) is 26.8. The van der Waals surface area contributed by atoms with Crippen molar-refractivity contribution in [2.75, 3.05) is 22.8 Å². The molecule has 6 nitrogen and oxygen atoms in total. The maximum atomic E-state index is 15.1. The summed E-state index contributed by atoms with van der Waals surface area (Å²) in [6.07, 6.45) is 11.5. The van der Waals surface area contributed by atoms with Crippen molar-refractivity contribution < 1.29 is 13.6 Å². The van der Waals surface area contributed by atoms with Gasteiger partial charge in [-0.3, -0.25) is 4.79 Å². The fraction of sp³-hybridized carbons (Fsp3) is 0.500. The molecule has 2 N–H and O–H groups in total. The van der Waals surface area contributed by atoms with E-state index in [1.807, 2.05) is 12.7 Å². The lowest BCUT2D eigenvalue weighted by atomic mass is 9.79. The molecule has 2 heterocycles. The van der Waals surface area contributed by atoms with E-state index in [1.165, 1.54) is 37.9 Å². The highest BCUT2D eigenvalue weighted by molar-refractivity contribution is 8.55. The van der Waals surface area contributed by atoms with Crippen LogP contribution in [0.4, 0.5) is 20.2 Å². The van der Waals surface area contributed by atoms with Crippen molar-refractivity contribution in [1.29, 1.82) is 0 Å². The first-order valence-corrected chi connectivity index (χ1v) is 16.1. The molecule has 1 aliphatic carbocycles. The molecule has 36 heavy (non-hydrogen) atoms. The summed E-state index contributed by atoms with van der Waals surface area (Å²) in [6.45, 7) is 6.21. The topological polar surface area (TPSA) is 71.3 Å². The Morgan fingerprint density at radius 3 is 2.81 bits per heavy atom. The number of fused-ring (bicyclic) bond motifs is 1. The van der Waals surface area contributed by atoms with Crippen molar-refractivity contribution in [2.24, 2.45) is 5.92 Å². The predicted octanol–water partition coefficient (Wildman–Crippen LogP) is 7.83. The van der Waals surface area contributed by atoms with Gasteiger partial charge in [0.05, 0.1) is 29.5 Å². The van der Waals surface area contributed by atoms with Crippen LogP contribution in [-0.2, 0) is 0 Å². The van der Waals surface area contributed by atoms with E-state index in [0.29, 0.717) is 17.3 Å². The van der Waals surface area contributed by atoms with Crippen LogP contribution in [0.2, 0.25) is 0 Å². The third-order valence-electron chi connectivity index (χ3n) is 6.73. The SMILES string of the molecule is CCCSP(C)Nc1ccc(F)c(C(=O)Nc2cnc3cc(C(CC)CCC4CCC4)nn3c2)c1F. The molecule has 3 aromatic rings. The highest BCUT2D eigenvalue weighted by atomic mass is 32.7. The molecule has 1 aromatic carbocycles. The number of halogens is 2. The summed E-state index contributed by atoms with van der Waals surface area (Å²) in [5.41, 5.74) is 1.48. The smallest absolute Gasteiger partial charge is 0.261 e. The van der Waals surface area contributed by atoms with Gasteiger partial charge in [0.2, 0.25) is 0 Å². The molecule has 1 fully saturated rings. The van der Waals surface area contributed by atoms with Crippen LogP contribution in [0.25, 0.3) is 5.65 Å². The summed E-state index contributed by atoms with van der Waals surface area (Å²) in [7, 11) is -0.747. The quantitative estimate of drug-likeness (QED) is 0.232. The summed E-state index contributed by atoms with van der Waals surface area (Å²) < 4.78 is 31.2. The van der Waals surface area contributed by atoms with E-state index in [4.69, 9.17) is 5.10 Å². The standard InChI is InChI=1S/C26H34F2N5OPS/c1-4-13-36-35(3)32-21-12-11-20(27)24(25(21)28)26(34)30-19-15-29-23-14-22(31-33(23)16-19)18(5-2)10-9-17-7-6-8-17/h11-12,14-18,32H,4-10,13H2,1-3H3,(H,30,34). The molecular weight excluding hydrogens is 499 g/mol. The van der Waals surface area contributed by atoms with Gasteiger partial charge in [0, 0.05) is 19.3 Å². The van der Waals surface area contributed by atoms with E-state index in [-0.39, 0.29) is 5.69 Å². The largest absolute Gasteiger partial charge is 0.354 e. The number of hydrogen-bond donors (Lipinski definition) is 2. The number of benzene rings is 1. The number of carbonyl (C=O) groups is 1. The van der Waals surface area contributed by atoms with Crippen molar-refractivity contribution in [2.45, 2.75) is 64.7 Å². The van der Waals surface area contributed by atoms with Crippen LogP contribution in [0, 0.1) is 17.6 Å². The van der Waals surface area contributed by atoms with Crippen LogP contribution in [0.1, 0.15) is 80.8 Å². The lowest BCUT2D eigenvalue weighted by Gasteiger charge is -2.26. The van der Waals surface area contributed by atoms with Crippen LogP contribution in [0.3, 0.4) is 0 Å². The molecule has 194 valence electrons.